The summed E-state index contributed by atoms with van der Waals surface area (Å²) in [7, 11) is 0. The highest BCUT2D eigenvalue weighted by Crippen LogP contribution is 2.41. The highest BCUT2D eigenvalue weighted by molar-refractivity contribution is 5.90. The monoisotopic (exact) mass is 305 g/mol. The molecular weight excluding hydrogens is 286 g/mol. The fraction of sp³-hybridized carbons (Fsp3) is 0.263. The van der Waals surface area contributed by atoms with E-state index in [1.54, 1.807) is 4.57 Å². The third-order valence-corrected chi connectivity index (χ3v) is 4.32. The molecule has 4 nitrogen and oxygen atoms in total. The average Bonchev–Trinajstić information content (AvgIpc) is 3.40. The maximum atomic E-state index is 12.6. The molecule has 1 saturated carbocycles. The molecule has 4 heteroatoms. The first-order valence-corrected chi connectivity index (χ1v) is 8.14. The summed E-state index contributed by atoms with van der Waals surface area (Å²) in [5.74, 6) is 1.32. The highest BCUT2D eigenvalue weighted by Gasteiger charge is 2.24. The molecule has 1 aromatic heterocycles. The van der Waals surface area contributed by atoms with Crippen molar-refractivity contribution in [3.05, 3.63) is 64.6 Å². The number of nitrogens with zero attached hydrogens (tertiary/aromatic N) is 2. The average molecular weight is 305 g/mol. The number of fused-ring (bicyclic) bond motifs is 1. The van der Waals surface area contributed by atoms with Gasteiger partial charge in [-0.2, -0.15) is 4.98 Å². The quantitative estimate of drug-likeness (QED) is 0.799. The lowest BCUT2D eigenvalue weighted by atomic mass is 10.1. The molecule has 1 fully saturated rings. The van der Waals surface area contributed by atoms with Crippen LogP contribution in [0, 0.1) is 0 Å². The molecule has 1 heterocycles. The predicted molar refractivity (Wildman–Crippen MR) is 93.5 cm³/mol. The van der Waals surface area contributed by atoms with E-state index in [1.165, 1.54) is 18.4 Å². The van der Waals surface area contributed by atoms with E-state index in [-0.39, 0.29) is 5.69 Å². The Bertz CT molecular complexity index is 911. The summed E-state index contributed by atoms with van der Waals surface area (Å²) in [6, 6.07) is 16.1. The Labute approximate surface area is 134 Å². The summed E-state index contributed by atoms with van der Waals surface area (Å²) in [6.45, 7) is 2.75. The zero-order valence-electron chi connectivity index (χ0n) is 13.1. The summed E-state index contributed by atoms with van der Waals surface area (Å²) in [4.78, 5) is 16.9. The molecule has 0 unspecified atom stereocenters. The van der Waals surface area contributed by atoms with E-state index in [0.717, 1.165) is 23.1 Å². The fourth-order valence-corrected chi connectivity index (χ4v) is 3.04. The minimum Gasteiger partial charge on any atom is -0.370 e. The second-order valence-electron chi connectivity index (χ2n) is 6.00. The molecule has 1 aliphatic carbocycles. The van der Waals surface area contributed by atoms with Crippen LogP contribution in [0.1, 0.15) is 31.2 Å². The van der Waals surface area contributed by atoms with Gasteiger partial charge >= 0.3 is 5.69 Å². The molecule has 4 rings (SSSR count). The SMILES string of the molecule is CCNc1nc(=O)n(-c2ccccc2)c2cc(C3CC3)ccc12. The molecule has 2 aromatic carbocycles. The van der Waals surface area contributed by atoms with Gasteiger partial charge in [0.25, 0.3) is 0 Å². The first kappa shape index (κ1) is 14.0. The topological polar surface area (TPSA) is 46.9 Å². The lowest BCUT2D eigenvalue weighted by Gasteiger charge is -2.14. The molecule has 116 valence electrons. The number of anilines is 1. The van der Waals surface area contributed by atoms with Gasteiger partial charge in [0.05, 0.1) is 11.2 Å². The van der Waals surface area contributed by atoms with Crippen molar-refractivity contribution >= 4 is 16.7 Å². The first-order chi connectivity index (χ1) is 11.3. The molecule has 0 atom stereocenters. The van der Waals surface area contributed by atoms with E-state index in [4.69, 9.17) is 0 Å². The number of rotatable bonds is 4. The Morgan fingerprint density at radius 2 is 1.96 bits per heavy atom. The number of hydrogen-bond donors (Lipinski definition) is 1. The van der Waals surface area contributed by atoms with E-state index >= 15 is 0 Å². The van der Waals surface area contributed by atoms with Gasteiger partial charge in [-0.15, -0.1) is 0 Å². The van der Waals surface area contributed by atoms with Crippen molar-refractivity contribution in [3.63, 3.8) is 0 Å². The van der Waals surface area contributed by atoms with Crippen molar-refractivity contribution in [1.82, 2.24) is 9.55 Å². The second kappa shape index (κ2) is 5.54. The molecule has 1 aliphatic rings. The van der Waals surface area contributed by atoms with Gasteiger partial charge in [-0.25, -0.2) is 4.79 Å². The minimum absolute atomic E-state index is 0.243. The lowest BCUT2D eigenvalue weighted by molar-refractivity contribution is 0.953. The molecule has 0 spiro atoms. The van der Waals surface area contributed by atoms with Gasteiger partial charge in [-0.05, 0) is 55.5 Å². The number of hydrogen-bond acceptors (Lipinski definition) is 3. The highest BCUT2D eigenvalue weighted by atomic mass is 16.1. The van der Waals surface area contributed by atoms with Crippen molar-refractivity contribution in [1.29, 1.82) is 0 Å². The van der Waals surface area contributed by atoms with Gasteiger partial charge in [0.15, 0.2) is 0 Å². The molecule has 0 saturated heterocycles. The van der Waals surface area contributed by atoms with Gasteiger partial charge < -0.3 is 5.32 Å². The van der Waals surface area contributed by atoms with Crippen LogP contribution in [0.4, 0.5) is 5.82 Å². The first-order valence-electron chi connectivity index (χ1n) is 8.14. The molecule has 3 aromatic rings. The van der Waals surface area contributed by atoms with Crippen LogP contribution in [0.5, 0.6) is 0 Å². The standard InChI is InChI=1S/C19H19N3O/c1-2-20-18-16-11-10-14(13-8-9-13)12-17(16)22(19(23)21-18)15-6-4-3-5-7-15/h3-7,10-13H,2,8-9H2,1H3,(H,20,21,23). The van der Waals surface area contributed by atoms with E-state index in [0.29, 0.717) is 11.7 Å². The number of aromatic nitrogens is 2. The lowest BCUT2D eigenvalue weighted by Crippen LogP contribution is -2.23. The zero-order valence-corrected chi connectivity index (χ0v) is 13.1. The molecule has 23 heavy (non-hydrogen) atoms. The van der Waals surface area contributed by atoms with E-state index in [9.17, 15) is 4.79 Å². The summed E-state index contributed by atoms with van der Waals surface area (Å²) in [5.41, 5.74) is 2.85. The van der Waals surface area contributed by atoms with E-state index in [1.807, 2.05) is 37.3 Å². The predicted octanol–water partition coefficient (Wildman–Crippen LogP) is 3.69. The zero-order chi connectivity index (χ0) is 15.8. The van der Waals surface area contributed by atoms with Gasteiger partial charge in [-0.3, -0.25) is 4.57 Å². The van der Waals surface area contributed by atoms with Crippen molar-refractivity contribution < 1.29 is 0 Å². The second-order valence-corrected chi connectivity index (χ2v) is 6.00. The van der Waals surface area contributed by atoms with Gasteiger partial charge in [0.1, 0.15) is 5.82 Å². The maximum absolute atomic E-state index is 12.6. The van der Waals surface area contributed by atoms with Crippen molar-refractivity contribution in [2.45, 2.75) is 25.7 Å². The van der Waals surface area contributed by atoms with Crippen LogP contribution in [0.2, 0.25) is 0 Å². The largest absolute Gasteiger partial charge is 0.370 e. The van der Waals surface area contributed by atoms with Crippen LogP contribution >= 0.6 is 0 Å². The Hall–Kier alpha value is -2.62. The van der Waals surface area contributed by atoms with Crippen molar-refractivity contribution in [2.24, 2.45) is 0 Å². The number of benzene rings is 2. The van der Waals surface area contributed by atoms with Crippen LogP contribution in [-0.2, 0) is 0 Å². The smallest absolute Gasteiger partial charge is 0.354 e. The van der Waals surface area contributed by atoms with E-state index in [2.05, 4.69) is 28.5 Å². The molecule has 0 amide bonds. The van der Waals surface area contributed by atoms with Crippen LogP contribution in [0.3, 0.4) is 0 Å². The Kier molecular flexibility index (Phi) is 3.37. The number of nitrogens with one attached hydrogen (secondary N) is 1. The normalized spacial score (nSPS) is 14.1. The number of para-hydroxylation sites is 1. The van der Waals surface area contributed by atoms with Crippen molar-refractivity contribution in [2.75, 3.05) is 11.9 Å². The Morgan fingerprint density at radius 3 is 2.65 bits per heavy atom. The fourth-order valence-electron chi connectivity index (χ4n) is 3.04. The van der Waals surface area contributed by atoms with Gasteiger partial charge in [0.2, 0.25) is 0 Å². The van der Waals surface area contributed by atoms with Crippen LogP contribution in [0.15, 0.2) is 53.3 Å². The van der Waals surface area contributed by atoms with Crippen molar-refractivity contribution in [3.8, 4) is 5.69 Å². The summed E-state index contributed by atoms with van der Waals surface area (Å²) < 4.78 is 1.71. The van der Waals surface area contributed by atoms with Crippen LogP contribution in [-0.4, -0.2) is 16.1 Å². The maximum Gasteiger partial charge on any atom is 0.354 e. The molecule has 0 radical (unpaired) electrons. The molecule has 1 N–H and O–H groups in total. The van der Waals surface area contributed by atoms with E-state index < -0.39 is 0 Å². The summed E-state index contributed by atoms with van der Waals surface area (Å²) >= 11 is 0. The van der Waals surface area contributed by atoms with Gasteiger partial charge in [-0.1, -0.05) is 24.3 Å². The molecule has 0 bridgehead atoms. The Balaban J connectivity index is 2.03. The minimum atomic E-state index is -0.243. The Morgan fingerprint density at radius 1 is 1.17 bits per heavy atom. The van der Waals surface area contributed by atoms with Gasteiger partial charge in [0, 0.05) is 11.9 Å². The summed E-state index contributed by atoms with van der Waals surface area (Å²) in [5, 5.41) is 4.20. The molecular formula is C19H19N3O. The third kappa shape index (κ3) is 2.50. The molecule has 0 aliphatic heterocycles. The third-order valence-electron chi connectivity index (χ3n) is 4.32. The van der Waals surface area contributed by atoms with Crippen LogP contribution < -0.4 is 11.0 Å². The van der Waals surface area contributed by atoms with Crippen LogP contribution in [0.25, 0.3) is 16.6 Å². The summed E-state index contributed by atoms with van der Waals surface area (Å²) in [6.07, 6.45) is 2.48.